The molecule has 2 rings (SSSR count). The van der Waals surface area contributed by atoms with Gasteiger partial charge in [0.1, 0.15) is 0 Å². The monoisotopic (exact) mass is 220 g/mol. The zero-order chi connectivity index (χ0) is 11.4. The SMILES string of the molecule is CNC(C)C1CCCCN1c1cccnn1. The van der Waals surface area contributed by atoms with E-state index in [1.807, 2.05) is 19.2 Å². The van der Waals surface area contributed by atoms with Crippen molar-refractivity contribution in [1.29, 1.82) is 0 Å². The summed E-state index contributed by atoms with van der Waals surface area (Å²) in [4.78, 5) is 2.39. The molecule has 2 unspecified atom stereocenters. The first-order chi connectivity index (χ1) is 7.83. The van der Waals surface area contributed by atoms with Gasteiger partial charge < -0.3 is 10.2 Å². The van der Waals surface area contributed by atoms with Crippen molar-refractivity contribution in [1.82, 2.24) is 15.5 Å². The van der Waals surface area contributed by atoms with Gasteiger partial charge in [-0.2, -0.15) is 5.10 Å². The van der Waals surface area contributed by atoms with E-state index >= 15 is 0 Å². The van der Waals surface area contributed by atoms with E-state index in [-0.39, 0.29) is 0 Å². The van der Waals surface area contributed by atoms with Crippen LogP contribution in [0.3, 0.4) is 0 Å². The van der Waals surface area contributed by atoms with Crippen LogP contribution in [0, 0.1) is 0 Å². The van der Waals surface area contributed by atoms with Gasteiger partial charge in [-0.05, 0) is 45.4 Å². The molecule has 16 heavy (non-hydrogen) atoms. The van der Waals surface area contributed by atoms with E-state index in [0.29, 0.717) is 12.1 Å². The minimum atomic E-state index is 0.488. The molecule has 4 nitrogen and oxygen atoms in total. The third kappa shape index (κ3) is 2.32. The maximum absolute atomic E-state index is 4.22. The van der Waals surface area contributed by atoms with Gasteiger partial charge in [0, 0.05) is 24.8 Å². The lowest BCUT2D eigenvalue weighted by Crippen LogP contribution is -2.50. The zero-order valence-electron chi connectivity index (χ0n) is 10.1. The average molecular weight is 220 g/mol. The smallest absolute Gasteiger partial charge is 0.151 e. The minimum Gasteiger partial charge on any atom is -0.351 e. The first-order valence-corrected chi connectivity index (χ1v) is 6.04. The molecule has 0 bridgehead atoms. The van der Waals surface area contributed by atoms with Crippen molar-refractivity contribution >= 4 is 5.82 Å². The Morgan fingerprint density at radius 3 is 3.06 bits per heavy atom. The van der Waals surface area contributed by atoms with Crippen LogP contribution in [0.25, 0.3) is 0 Å². The van der Waals surface area contributed by atoms with Crippen molar-refractivity contribution in [2.24, 2.45) is 0 Å². The molecule has 1 aliphatic rings. The van der Waals surface area contributed by atoms with Crippen LogP contribution >= 0.6 is 0 Å². The molecule has 0 amide bonds. The summed E-state index contributed by atoms with van der Waals surface area (Å²) in [6.45, 7) is 3.33. The van der Waals surface area contributed by atoms with E-state index in [2.05, 4.69) is 27.3 Å². The Balaban J connectivity index is 2.16. The second-order valence-corrected chi connectivity index (χ2v) is 4.42. The number of rotatable bonds is 3. The summed E-state index contributed by atoms with van der Waals surface area (Å²) in [6.07, 6.45) is 5.53. The third-order valence-electron chi connectivity index (χ3n) is 3.43. The number of hydrogen-bond donors (Lipinski definition) is 1. The largest absolute Gasteiger partial charge is 0.351 e. The van der Waals surface area contributed by atoms with Crippen molar-refractivity contribution in [3.05, 3.63) is 18.3 Å². The fraction of sp³-hybridized carbons (Fsp3) is 0.667. The van der Waals surface area contributed by atoms with Gasteiger partial charge in [-0.1, -0.05) is 0 Å². The van der Waals surface area contributed by atoms with Crippen molar-refractivity contribution in [3.8, 4) is 0 Å². The molecular weight excluding hydrogens is 200 g/mol. The summed E-state index contributed by atoms with van der Waals surface area (Å²) >= 11 is 0. The molecule has 1 aromatic rings. The Morgan fingerprint density at radius 2 is 2.38 bits per heavy atom. The number of piperidine rings is 1. The quantitative estimate of drug-likeness (QED) is 0.837. The maximum Gasteiger partial charge on any atom is 0.151 e. The van der Waals surface area contributed by atoms with Crippen LogP contribution in [0.2, 0.25) is 0 Å². The third-order valence-corrected chi connectivity index (χ3v) is 3.43. The molecule has 2 atom stereocenters. The van der Waals surface area contributed by atoms with E-state index in [4.69, 9.17) is 0 Å². The molecular formula is C12H20N4. The molecule has 1 aromatic heterocycles. The summed E-state index contributed by atoms with van der Waals surface area (Å²) in [6, 6.07) is 5.03. The Morgan fingerprint density at radius 1 is 1.50 bits per heavy atom. The lowest BCUT2D eigenvalue weighted by molar-refractivity contribution is 0.379. The van der Waals surface area contributed by atoms with Gasteiger partial charge in [-0.3, -0.25) is 0 Å². The first-order valence-electron chi connectivity index (χ1n) is 6.04. The normalized spacial score (nSPS) is 23.1. The van der Waals surface area contributed by atoms with Gasteiger partial charge in [0.05, 0.1) is 0 Å². The van der Waals surface area contributed by atoms with E-state index in [9.17, 15) is 0 Å². The van der Waals surface area contributed by atoms with E-state index in [1.54, 1.807) is 6.20 Å². The van der Waals surface area contributed by atoms with Crippen LogP contribution in [0.15, 0.2) is 18.3 Å². The lowest BCUT2D eigenvalue weighted by Gasteiger charge is -2.39. The molecule has 0 radical (unpaired) electrons. The van der Waals surface area contributed by atoms with Gasteiger partial charge >= 0.3 is 0 Å². The van der Waals surface area contributed by atoms with Crippen LogP contribution in [0.5, 0.6) is 0 Å². The summed E-state index contributed by atoms with van der Waals surface area (Å²) in [5.74, 6) is 1.01. The molecule has 1 aliphatic heterocycles. The molecule has 4 heteroatoms. The topological polar surface area (TPSA) is 41.0 Å². The number of likely N-dealkylation sites (N-methyl/N-ethyl adjacent to an activating group) is 1. The molecule has 1 N–H and O–H groups in total. The molecule has 88 valence electrons. The van der Waals surface area contributed by atoms with E-state index in [1.165, 1.54) is 19.3 Å². The van der Waals surface area contributed by atoms with Gasteiger partial charge in [0.25, 0.3) is 0 Å². The van der Waals surface area contributed by atoms with Crippen LogP contribution in [-0.2, 0) is 0 Å². The highest BCUT2D eigenvalue weighted by Gasteiger charge is 2.27. The molecule has 0 saturated carbocycles. The predicted molar refractivity (Wildman–Crippen MR) is 65.5 cm³/mol. The number of anilines is 1. The Bertz CT molecular complexity index is 314. The Hall–Kier alpha value is -1.16. The minimum absolute atomic E-state index is 0.488. The lowest BCUT2D eigenvalue weighted by atomic mass is 9.96. The standard InChI is InChI=1S/C12H20N4/c1-10(13-2)11-6-3-4-9-16(11)12-7-5-8-14-15-12/h5,7-8,10-11,13H,3-4,6,9H2,1-2H3. The van der Waals surface area contributed by atoms with Crippen molar-refractivity contribution in [3.63, 3.8) is 0 Å². The highest BCUT2D eigenvalue weighted by molar-refractivity contribution is 5.39. The van der Waals surface area contributed by atoms with Crippen LogP contribution < -0.4 is 10.2 Å². The average Bonchev–Trinajstić information content (AvgIpc) is 2.39. The Kier molecular flexibility index (Phi) is 3.72. The zero-order valence-corrected chi connectivity index (χ0v) is 10.1. The van der Waals surface area contributed by atoms with Crippen molar-refractivity contribution < 1.29 is 0 Å². The van der Waals surface area contributed by atoms with Gasteiger partial charge in [-0.15, -0.1) is 5.10 Å². The number of nitrogens with zero attached hydrogens (tertiary/aromatic N) is 3. The van der Waals surface area contributed by atoms with Crippen LogP contribution in [0.1, 0.15) is 26.2 Å². The highest BCUT2D eigenvalue weighted by Crippen LogP contribution is 2.24. The molecule has 0 aliphatic carbocycles. The molecule has 0 aromatic carbocycles. The summed E-state index contributed by atoms with van der Waals surface area (Å²) in [5.41, 5.74) is 0. The molecule has 1 fully saturated rings. The number of hydrogen-bond acceptors (Lipinski definition) is 4. The molecule has 1 saturated heterocycles. The van der Waals surface area contributed by atoms with Crippen molar-refractivity contribution in [2.45, 2.75) is 38.3 Å². The second kappa shape index (κ2) is 5.25. The van der Waals surface area contributed by atoms with Crippen LogP contribution in [-0.4, -0.2) is 35.9 Å². The Labute approximate surface area is 97.1 Å². The van der Waals surface area contributed by atoms with Gasteiger partial charge in [-0.25, -0.2) is 0 Å². The summed E-state index contributed by atoms with van der Waals surface area (Å²) in [5, 5.41) is 11.5. The molecule has 0 spiro atoms. The van der Waals surface area contributed by atoms with E-state index < -0.39 is 0 Å². The summed E-state index contributed by atoms with van der Waals surface area (Å²) in [7, 11) is 2.02. The maximum atomic E-state index is 4.22. The first kappa shape index (κ1) is 11.3. The van der Waals surface area contributed by atoms with Crippen molar-refractivity contribution in [2.75, 3.05) is 18.5 Å². The summed E-state index contributed by atoms with van der Waals surface area (Å²) < 4.78 is 0. The number of aromatic nitrogens is 2. The van der Waals surface area contributed by atoms with Gasteiger partial charge in [0.15, 0.2) is 5.82 Å². The highest BCUT2D eigenvalue weighted by atomic mass is 15.3. The van der Waals surface area contributed by atoms with E-state index in [0.717, 1.165) is 12.4 Å². The van der Waals surface area contributed by atoms with Gasteiger partial charge in [0.2, 0.25) is 0 Å². The van der Waals surface area contributed by atoms with Crippen LogP contribution in [0.4, 0.5) is 5.82 Å². The molecule has 2 heterocycles. The fourth-order valence-electron chi connectivity index (χ4n) is 2.40. The fourth-order valence-corrected chi connectivity index (χ4v) is 2.40. The second-order valence-electron chi connectivity index (χ2n) is 4.42. The predicted octanol–water partition coefficient (Wildman–Crippen LogP) is 1.44. The number of nitrogens with one attached hydrogen (secondary N) is 1.